The first-order chi connectivity index (χ1) is 14.7. The smallest absolute Gasteiger partial charge is 0.120 e. The molecule has 4 aromatic rings. The molecule has 0 aliphatic carbocycles. The topological polar surface area (TPSA) is 64.5 Å². The average Bonchev–Trinajstić information content (AvgIpc) is 2.79. The van der Waals surface area contributed by atoms with Gasteiger partial charge in [0.2, 0.25) is 0 Å². The van der Waals surface area contributed by atoms with Gasteiger partial charge in [-0.25, -0.2) is 0 Å². The fourth-order valence-electron chi connectivity index (χ4n) is 3.41. The molecule has 0 unspecified atom stereocenters. The zero-order chi connectivity index (χ0) is 20.8. The van der Waals surface area contributed by atoms with Crippen LogP contribution in [-0.4, -0.2) is 10.2 Å². The summed E-state index contributed by atoms with van der Waals surface area (Å²) >= 11 is 0. The standard InChI is InChI=1S/C26H24N2O2/c29-21-15-13-19(14-16-21)17-27-24-10-4-2-8-22(24)23-9-3-5-11-25(23)28-18-20-7-1-6-12-26(20)30/h1-16,27-30H,17-18H2. The van der Waals surface area contributed by atoms with Crippen LogP contribution in [-0.2, 0) is 13.1 Å². The maximum atomic E-state index is 10.0. The number of anilines is 2. The van der Waals surface area contributed by atoms with Crippen molar-refractivity contribution >= 4 is 11.4 Å². The summed E-state index contributed by atoms with van der Waals surface area (Å²) in [5.41, 5.74) is 6.15. The van der Waals surface area contributed by atoms with Gasteiger partial charge in [-0.15, -0.1) is 0 Å². The molecule has 30 heavy (non-hydrogen) atoms. The SMILES string of the molecule is Oc1ccc(CNc2ccccc2-c2ccccc2NCc2ccccc2O)cc1. The van der Waals surface area contributed by atoms with Crippen molar-refractivity contribution in [1.82, 2.24) is 0 Å². The van der Waals surface area contributed by atoms with Crippen molar-refractivity contribution < 1.29 is 10.2 Å². The molecule has 0 saturated carbocycles. The van der Waals surface area contributed by atoms with E-state index in [0.717, 1.165) is 33.6 Å². The molecule has 4 rings (SSSR count). The molecule has 4 N–H and O–H groups in total. The second kappa shape index (κ2) is 9.05. The highest BCUT2D eigenvalue weighted by atomic mass is 16.3. The van der Waals surface area contributed by atoms with Crippen molar-refractivity contribution in [3.05, 3.63) is 108 Å². The fraction of sp³-hybridized carbons (Fsp3) is 0.0769. The maximum absolute atomic E-state index is 10.0. The molecule has 0 heterocycles. The Bertz CT molecular complexity index is 1120. The van der Waals surface area contributed by atoms with Crippen LogP contribution in [0, 0.1) is 0 Å². The van der Waals surface area contributed by atoms with E-state index in [9.17, 15) is 10.2 Å². The van der Waals surface area contributed by atoms with Gasteiger partial charge >= 0.3 is 0 Å². The normalized spacial score (nSPS) is 10.5. The summed E-state index contributed by atoms with van der Waals surface area (Å²) in [4.78, 5) is 0. The van der Waals surface area contributed by atoms with Crippen molar-refractivity contribution in [2.45, 2.75) is 13.1 Å². The molecule has 0 saturated heterocycles. The molecule has 0 aliphatic rings. The third-order valence-electron chi connectivity index (χ3n) is 5.02. The number of phenolic OH excluding ortho intramolecular Hbond substituents is 2. The van der Waals surface area contributed by atoms with Gasteiger partial charge < -0.3 is 20.8 Å². The second-order valence-electron chi connectivity index (χ2n) is 7.09. The Morgan fingerprint density at radius 2 is 1.07 bits per heavy atom. The monoisotopic (exact) mass is 396 g/mol. The molecule has 0 aromatic heterocycles. The van der Waals surface area contributed by atoms with Gasteiger partial charge in [-0.1, -0.05) is 66.7 Å². The van der Waals surface area contributed by atoms with Crippen molar-refractivity contribution in [1.29, 1.82) is 0 Å². The van der Waals surface area contributed by atoms with E-state index in [4.69, 9.17) is 0 Å². The van der Waals surface area contributed by atoms with E-state index >= 15 is 0 Å². The molecular weight excluding hydrogens is 372 g/mol. The lowest BCUT2D eigenvalue weighted by atomic mass is 10.0. The molecular formula is C26H24N2O2. The average molecular weight is 396 g/mol. The first-order valence-corrected chi connectivity index (χ1v) is 9.91. The lowest BCUT2D eigenvalue weighted by Gasteiger charge is -2.17. The van der Waals surface area contributed by atoms with Crippen LogP contribution in [0.25, 0.3) is 11.1 Å². The highest BCUT2D eigenvalue weighted by Crippen LogP contribution is 2.34. The Hall–Kier alpha value is -3.92. The van der Waals surface area contributed by atoms with Crippen molar-refractivity contribution in [2.75, 3.05) is 10.6 Å². The number of hydrogen-bond donors (Lipinski definition) is 4. The first-order valence-electron chi connectivity index (χ1n) is 9.91. The van der Waals surface area contributed by atoms with E-state index in [1.807, 2.05) is 60.7 Å². The minimum absolute atomic E-state index is 0.267. The van der Waals surface area contributed by atoms with E-state index in [0.29, 0.717) is 18.8 Å². The predicted molar refractivity (Wildman–Crippen MR) is 123 cm³/mol. The van der Waals surface area contributed by atoms with E-state index in [-0.39, 0.29) is 5.75 Å². The summed E-state index contributed by atoms with van der Waals surface area (Å²) < 4.78 is 0. The van der Waals surface area contributed by atoms with Crippen LogP contribution in [0.1, 0.15) is 11.1 Å². The molecule has 4 aromatic carbocycles. The number of phenols is 2. The summed E-state index contributed by atoms with van der Waals surface area (Å²) in [5.74, 6) is 0.557. The Morgan fingerprint density at radius 3 is 1.70 bits per heavy atom. The van der Waals surface area contributed by atoms with Crippen LogP contribution in [0.3, 0.4) is 0 Å². The van der Waals surface area contributed by atoms with E-state index in [1.165, 1.54) is 0 Å². The number of hydrogen-bond acceptors (Lipinski definition) is 4. The van der Waals surface area contributed by atoms with Gasteiger partial charge in [-0.2, -0.15) is 0 Å². The largest absolute Gasteiger partial charge is 0.508 e. The molecule has 4 nitrogen and oxygen atoms in total. The summed E-state index contributed by atoms with van der Waals surface area (Å²) in [6, 6.07) is 30.9. The third-order valence-corrected chi connectivity index (χ3v) is 5.02. The molecule has 150 valence electrons. The van der Waals surface area contributed by atoms with E-state index < -0.39 is 0 Å². The molecule has 0 spiro atoms. The van der Waals surface area contributed by atoms with Crippen molar-refractivity contribution in [2.24, 2.45) is 0 Å². The van der Waals surface area contributed by atoms with Crippen LogP contribution in [0.4, 0.5) is 11.4 Å². The van der Waals surface area contributed by atoms with Gasteiger partial charge in [-0.05, 0) is 35.9 Å². The zero-order valence-electron chi connectivity index (χ0n) is 16.5. The molecule has 0 amide bonds. The lowest BCUT2D eigenvalue weighted by Crippen LogP contribution is -2.03. The van der Waals surface area contributed by atoms with Crippen LogP contribution in [0.5, 0.6) is 11.5 Å². The molecule has 4 heteroatoms. The maximum Gasteiger partial charge on any atom is 0.120 e. The number of aromatic hydroxyl groups is 2. The Labute approximate surface area is 176 Å². The van der Waals surface area contributed by atoms with Gasteiger partial charge in [0.05, 0.1) is 0 Å². The van der Waals surface area contributed by atoms with Crippen LogP contribution >= 0.6 is 0 Å². The van der Waals surface area contributed by atoms with Gasteiger partial charge in [0.1, 0.15) is 11.5 Å². The molecule has 0 aliphatic heterocycles. The van der Waals surface area contributed by atoms with Crippen molar-refractivity contribution in [3.63, 3.8) is 0 Å². The third kappa shape index (κ3) is 4.55. The van der Waals surface area contributed by atoms with Crippen LogP contribution in [0.15, 0.2) is 97.1 Å². The Morgan fingerprint density at radius 1 is 0.533 bits per heavy atom. The Kier molecular flexibility index (Phi) is 5.85. The lowest BCUT2D eigenvalue weighted by molar-refractivity contribution is 0.469. The molecule has 0 radical (unpaired) electrons. The minimum atomic E-state index is 0.267. The van der Waals surface area contributed by atoms with E-state index in [2.05, 4.69) is 28.8 Å². The van der Waals surface area contributed by atoms with Gasteiger partial charge in [0, 0.05) is 41.2 Å². The van der Waals surface area contributed by atoms with Gasteiger partial charge in [-0.3, -0.25) is 0 Å². The number of para-hydroxylation sites is 3. The fourth-order valence-corrected chi connectivity index (χ4v) is 3.41. The molecule has 0 bridgehead atoms. The predicted octanol–water partition coefficient (Wildman–Crippen LogP) is 5.99. The number of rotatable bonds is 7. The Balaban J connectivity index is 1.57. The van der Waals surface area contributed by atoms with Crippen LogP contribution < -0.4 is 10.6 Å². The quantitative estimate of drug-likeness (QED) is 0.310. The summed E-state index contributed by atoms with van der Waals surface area (Å²) in [5, 5.41) is 26.5. The summed E-state index contributed by atoms with van der Waals surface area (Å²) in [6.07, 6.45) is 0. The number of benzene rings is 4. The summed E-state index contributed by atoms with van der Waals surface area (Å²) in [7, 11) is 0. The van der Waals surface area contributed by atoms with E-state index in [1.54, 1.807) is 18.2 Å². The second-order valence-corrected chi connectivity index (χ2v) is 7.09. The molecule has 0 atom stereocenters. The highest BCUT2D eigenvalue weighted by Gasteiger charge is 2.10. The first kappa shape index (κ1) is 19.4. The summed E-state index contributed by atoms with van der Waals surface area (Å²) in [6.45, 7) is 1.19. The van der Waals surface area contributed by atoms with Crippen LogP contribution in [0.2, 0.25) is 0 Å². The minimum Gasteiger partial charge on any atom is -0.508 e. The number of nitrogens with one attached hydrogen (secondary N) is 2. The highest BCUT2D eigenvalue weighted by molar-refractivity contribution is 5.86. The zero-order valence-corrected chi connectivity index (χ0v) is 16.5. The van der Waals surface area contributed by atoms with Gasteiger partial charge in [0.15, 0.2) is 0 Å². The molecule has 0 fully saturated rings. The van der Waals surface area contributed by atoms with Gasteiger partial charge in [0.25, 0.3) is 0 Å². The van der Waals surface area contributed by atoms with Crippen molar-refractivity contribution in [3.8, 4) is 22.6 Å².